The molecular formula is C15H16N2O3. The normalized spacial score (nSPS) is 10.2. The van der Waals surface area contributed by atoms with E-state index in [2.05, 4.69) is 0 Å². The lowest BCUT2D eigenvalue weighted by molar-refractivity contribution is -0.384. The maximum Gasteiger partial charge on any atom is 0.269 e. The van der Waals surface area contributed by atoms with Gasteiger partial charge < -0.3 is 10.5 Å². The van der Waals surface area contributed by atoms with Gasteiger partial charge in [0.15, 0.2) is 0 Å². The number of nitro groups is 1. The minimum Gasteiger partial charge on any atom is -0.489 e. The number of hydrogen-bond acceptors (Lipinski definition) is 4. The van der Waals surface area contributed by atoms with Crippen molar-refractivity contribution in [2.45, 2.75) is 13.0 Å². The minimum atomic E-state index is -0.411. The molecule has 0 aliphatic carbocycles. The first-order valence-corrected chi connectivity index (χ1v) is 6.35. The minimum absolute atomic E-state index is 0.0707. The molecule has 0 saturated carbocycles. The number of benzene rings is 2. The lowest BCUT2D eigenvalue weighted by Gasteiger charge is -2.10. The lowest BCUT2D eigenvalue weighted by atomic mass is 10.1. The van der Waals surface area contributed by atoms with Gasteiger partial charge in [-0.3, -0.25) is 10.1 Å². The molecule has 0 fully saturated rings. The van der Waals surface area contributed by atoms with E-state index < -0.39 is 4.92 Å². The van der Waals surface area contributed by atoms with Gasteiger partial charge in [-0.2, -0.15) is 0 Å². The number of para-hydroxylation sites is 1. The molecule has 2 N–H and O–H groups in total. The highest BCUT2D eigenvalue weighted by atomic mass is 16.6. The van der Waals surface area contributed by atoms with Crippen molar-refractivity contribution in [3.8, 4) is 5.75 Å². The summed E-state index contributed by atoms with van der Waals surface area (Å²) in [5.74, 6) is 0.768. The average Bonchev–Trinajstić information content (AvgIpc) is 2.47. The molecule has 5 nitrogen and oxygen atoms in total. The first-order chi connectivity index (χ1) is 9.70. The molecule has 0 aromatic heterocycles. The van der Waals surface area contributed by atoms with Gasteiger partial charge in [-0.15, -0.1) is 0 Å². The van der Waals surface area contributed by atoms with Crippen LogP contribution in [0.1, 0.15) is 11.1 Å². The van der Waals surface area contributed by atoms with Crippen LogP contribution >= 0.6 is 0 Å². The number of non-ortho nitro benzene ring substituents is 1. The van der Waals surface area contributed by atoms with Crippen LogP contribution in [-0.2, 0) is 13.0 Å². The number of rotatable bonds is 6. The van der Waals surface area contributed by atoms with E-state index in [0.29, 0.717) is 13.2 Å². The van der Waals surface area contributed by atoms with Crippen molar-refractivity contribution in [1.82, 2.24) is 0 Å². The summed E-state index contributed by atoms with van der Waals surface area (Å²) in [6.07, 6.45) is 0.741. The van der Waals surface area contributed by atoms with E-state index in [-0.39, 0.29) is 5.69 Å². The lowest BCUT2D eigenvalue weighted by Crippen LogP contribution is -2.05. The Balaban J connectivity index is 2.09. The monoisotopic (exact) mass is 272 g/mol. The van der Waals surface area contributed by atoms with Crippen LogP contribution < -0.4 is 10.5 Å². The van der Waals surface area contributed by atoms with Crippen LogP contribution in [0.3, 0.4) is 0 Å². The fourth-order valence-corrected chi connectivity index (χ4v) is 1.93. The number of nitrogens with zero attached hydrogens (tertiary/aromatic N) is 1. The van der Waals surface area contributed by atoms with E-state index in [1.807, 2.05) is 24.3 Å². The summed E-state index contributed by atoms with van der Waals surface area (Å²) in [6, 6.07) is 14.1. The SMILES string of the molecule is NCCc1ccccc1OCc1cccc([N+](=O)[O-])c1. The maximum absolute atomic E-state index is 10.7. The largest absolute Gasteiger partial charge is 0.489 e. The third kappa shape index (κ3) is 3.55. The first-order valence-electron chi connectivity index (χ1n) is 6.35. The van der Waals surface area contributed by atoms with E-state index in [1.165, 1.54) is 12.1 Å². The molecule has 2 aromatic rings. The summed E-state index contributed by atoms with van der Waals surface area (Å²) in [5.41, 5.74) is 7.44. The molecule has 0 atom stereocenters. The summed E-state index contributed by atoms with van der Waals surface area (Å²) < 4.78 is 5.73. The Morgan fingerprint density at radius 3 is 2.70 bits per heavy atom. The summed E-state index contributed by atoms with van der Waals surface area (Å²) in [5, 5.41) is 10.7. The summed E-state index contributed by atoms with van der Waals surface area (Å²) in [4.78, 5) is 10.3. The molecule has 0 unspecified atom stereocenters. The van der Waals surface area contributed by atoms with Gasteiger partial charge in [0, 0.05) is 12.1 Å². The highest BCUT2D eigenvalue weighted by Crippen LogP contribution is 2.20. The van der Waals surface area contributed by atoms with Crippen molar-refractivity contribution in [3.05, 3.63) is 69.8 Å². The van der Waals surface area contributed by atoms with Crippen molar-refractivity contribution >= 4 is 5.69 Å². The zero-order chi connectivity index (χ0) is 14.4. The van der Waals surface area contributed by atoms with Crippen molar-refractivity contribution in [2.75, 3.05) is 6.54 Å². The van der Waals surface area contributed by atoms with Crippen LogP contribution in [0.4, 0.5) is 5.69 Å². The predicted molar refractivity (Wildman–Crippen MR) is 76.6 cm³/mol. The number of hydrogen-bond donors (Lipinski definition) is 1. The average molecular weight is 272 g/mol. The zero-order valence-electron chi connectivity index (χ0n) is 11.0. The second-order valence-electron chi connectivity index (χ2n) is 4.36. The Labute approximate surface area is 117 Å². The highest BCUT2D eigenvalue weighted by Gasteiger charge is 2.07. The second-order valence-corrected chi connectivity index (χ2v) is 4.36. The Bertz CT molecular complexity index is 599. The Morgan fingerprint density at radius 2 is 1.95 bits per heavy atom. The molecule has 0 amide bonds. The fraction of sp³-hybridized carbons (Fsp3) is 0.200. The third-order valence-electron chi connectivity index (χ3n) is 2.90. The number of nitro benzene ring substituents is 1. The molecule has 0 heterocycles. The van der Waals surface area contributed by atoms with E-state index in [4.69, 9.17) is 10.5 Å². The molecule has 0 saturated heterocycles. The van der Waals surface area contributed by atoms with Crippen molar-refractivity contribution in [2.24, 2.45) is 5.73 Å². The highest BCUT2D eigenvalue weighted by molar-refractivity contribution is 5.36. The van der Waals surface area contributed by atoms with Gasteiger partial charge >= 0.3 is 0 Å². The van der Waals surface area contributed by atoms with Gasteiger partial charge in [0.2, 0.25) is 0 Å². The van der Waals surface area contributed by atoms with Gasteiger partial charge in [-0.25, -0.2) is 0 Å². The topological polar surface area (TPSA) is 78.4 Å². The van der Waals surface area contributed by atoms with Gasteiger partial charge in [-0.05, 0) is 30.2 Å². The van der Waals surface area contributed by atoms with Gasteiger partial charge in [0.25, 0.3) is 5.69 Å². The quantitative estimate of drug-likeness (QED) is 0.647. The van der Waals surface area contributed by atoms with Crippen molar-refractivity contribution in [3.63, 3.8) is 0 Å². The predicted octanol–water partition coefficient (Wildman–Crippen LogP) is 2.68. The van der Waals surface area contributed by atoms with E-state index >= 15 is 0 Å². The first kappa shape index (κ1) is 14.0. The van der Waals surface area contributed by atoms with Crippen LogP contribution in [0.2, 0.25) is 0 Å². The van der Waals surface area contributed by atoms with Gasteiger partial charge in [-0.1, -0.05) is 30.3 Å². The second kappa shape index (κ2) is 6.68. The Kier molecular flexibility index (Phi) is 4.68. The van der Waals surface area contributed by atoms with Crippen molar-refractivity contribution in [1.29, 1.82) is 0 Å². The maximum atomic E-state index is 10.7. The van der Waals surface area contributed by atoms with E-state index in [1.54, 1.807) is 12.1 Å². The molecule has 0 aliphatic heterocycles. The van der Waals surface area contributed by atoms with Crippen LogP contribution in [-0.4, -0.2) is 11.5 Å². The van der Waals surface area contributed by atoms with Crippen molar-refractivity contribution < 1.29 is 9.66 Å². The fourth-order valence-electron chi connectivity index (χ4n) is 1.93. The molecule has 0 spiro atoms. The molecule has 0 bridgehead atoms. The van der Waals surface area contributed by atoms with Crippen LogP contribution in [0, 0.1) is 10.1 Å². The van der Waals surface area contributed by atoms with Gasteiger partial charge in [0.05, 0.1) is 4.92 Å². The molecule has 0 aliphatic rings. The molecule has 5 heteroatoms. The van der Waals surface area contributed by atoms with Crippen LogP contribution in [0.15, 0.2) is 48.5 Å². The van der Waals surface area contributed by atoms with Gasteiger partial charge in [0.1, 0.15) is 12.4 Å². The Hall–Kier alpha value is -2.40. The molecule has 0 radical (unpaired) electrons. The zero-order valence-corrected chi connectivity index (χ0v) is 11.0. The van der Waals surface area contributed by atoms with Crippen LogP contribution in [0.25, 0.3) is 0 Å². The molecule has 2 rings (SSSR count). The number of nitrogens with two attached hydrogens (primary N) is 1. The molecule has 104 valence electrons. The summed E-state index contributed by atoms with van der Waals surface area (Å²) >= 11 is 0. The molecular weight excluding hydrogens is 256 g/mol. The van der Waals surface area contributed by atoms with Crippen LogP contribution in [0.5, 0.6) is 5.75 Å². The Morgan fingerprint density at radius 1 is 1.15 bits per heavy atom. The standard InChI is InChI=1S/C15H16N2O3/c16-9-8-13-5-1-2-7-15(13)20-11-12-4-3-6-14(10-12)17(18)19/h1-7,10H,8-9,11,16H2. The van der Waals surface area contributed by atoms with E-state index in [0.717, 1.165) is 23.3 Å². The molecule has 20 heavy (non-hydrogen) atoms. The van der Waals surface area contributed by atoms with E-state index in [9.17, 15) is 10.1 Å². The third-order valence-corrected chi connectivity index (χ3v) is 2.90. The number of ether oxygens (including phenoxy) is 1. The summed E-state index contributed by atoms with van der Waals surface area (Å²) in [6.45, 7) is 0.848. The summed E-state index contributed by atoms with van der Waals surface area (Å²) in [7, 11) is 0. The molecule has 2 aromatic carbocycles. The smallest absolute Gasteiger partial charge is 0.269 e.